The molecule has 0 radical (unpaired) electrons. The molecule has 0 heterocycles. The summed E-state index contributed by atoms with van der Waals surface area (Å²) in [6.45, 7) is 8.05. The molecule has 0 aromatic carbocycles. The molecule has 0 bridgehead atoms. The van der Waals surface area contributed by atoms with Gasteiger partial charge in [-0.25, -0.2) is 0 Å². The minimum atomic E-state index is 0.103. The molecule has 2 unspecified atom stereocenters. The van der Waals surface area contributed by atoms with Gasteiger partial charge in [0.2, 0.25) is 0 Å². The van der Waals surface area contributed by atoms with Crippen molar-refractivity contribution in [3.8, 4) is 6.07 Å². The van der Waals surface area contributed by atoms with Crippen LogP contribution in [0, 0.1) is 23.2 Å². The molecule has 0 aromatic heterocycles. The molecular formula is C12H17N. The number of nitrogens with zero attached hydrogens (tertiary/aromatic N) is 1. The number of hydrogen-bond donors (Lipinski definition) is 0. The van der Waals surface area contributed by atoms with Crippen molar-refractivity contribution in [2.75, 3.05) is 0 Å². The molecule has 70 valence electrons. The molecule has 0 fully saturated rings. The van der Waals surface area contributed by atoms with E-state index in [-0.39, 0.29) is 5.92 Å². The van der Waals surface area contributed by atoms with E-state index < -0.39 is 0 Å². The molecule has 0 amide bonds. The van der Waals surface area contributed by atoms with Crippen molar-refractivity contribution in [3.63, 3.8) is 0 Å². The fraction of sp³-hybridized carbons (Fsp3) is 0.583. The summed E-state index contributed by atoms with van der Waals surface area (Å²) in [4.78, 5) is 0. The zero-order valence-electron chi connectivity index (χ0n) is 8.51. The van der Waals surface area contributed by atoms with Gasteiger partial charge in [-0.2, -0.15) is 5.26 Å². The summed E-state index contributed by atoms with van der Waals surface area (Å²) in [6.07, 6.45) is 5.56. The smallest absolute Gasteiger partial charge is 0.0697 e. The summed E-state index contributed by atoms with van der Waals surface area (Å²) in [5.41, 5.74) is 2.60. The van der Waals surface area contributed by atoms with Gasteiger partial charge in [-0.1, -0.05) is 23.8 Å². The SMILES string of the molecule is C=C(C)C1CC=C(C(C)C#N)CC1. The zero-order chi connectivity index (χ0) is 9.84. The Hall–Kier alpha value is -1.03. The molecule has 0 saturated carbocycles. The van der Waals surface area contributed by atoms with Gasteiger partial charge in [0.05, 0.1) is 12.0 Å². The standard InChI is InChI=1S/C12H17N/c1-9(2)11-4-6-12(7-5-11)10(3)8-13/h6,10-11H,1,4-5,7H2,2-3H3. The maximum atomic E-state index is 8.75. The van der Waals surface area contributed by atoms with Gasteiger partial charge in [0.1, 0.15) is 0 Å². The second kappa shape index (κ2) is 4.28. The fourth-order valence-corrected chi connectivity index (χ4v) is 1.78. The van der Waals surface area contributed by atoms with Crippen LogP contribution in [-0.2, 0) is 0 Å². The van der Waals surface area contributed by atoms with E-state index in [0.29, 0.717) is 5.92 Å². The Morgan fingerprint density at radius 1 is 1.77 bits per heavy atom. The third-order valence-electron chi connectivity index (χ3n) is 2.89. The molecule has 13 heavy (non-hydrogen) atoms. The minimum absolute atomic E-state index is 0.103. The lowest BCUT2D eigenvalue weighted by Gasteiger charge is -2.22. The van der Waals surface area contributed by atoms with Crippen LogP contribution >= 0.6 is 0 Å². The number of rotatable bonds is 2. The molecule has 1 nitrogen and oxygen atoms in total. The lowest BCUT2D eigenvalue weighted by atomic mass is 9.82. The summed E-state index contributed by atoms with van der Waals surface area (Å²) < 4.78 is 0. The average Bonchev–Trinajstić information content (AvgIpc) is 2.17. The van der Waals surface area contributed by atoms with Gasteiger partial charge < -0.3 is 0 Å². The third kappa shape index (κ3) is 2.45. The first kappa shape index (κ1) is 10.1. The molecule has 0 spiro atoms. The van der Waals surface area contributed by atoms with Crippen LogP contribution in [0.4, 0.5) is 0 Å². The van der Waals surface area contributed by atoms with Crippen molar-refractivity contribution in [3.05, 3.63) is 23.8 Å². The first-order chi connectivity index (χ1) is 6.15. The highest BCUT2D eigenvalue weighted by molar-refractivity contribution is 5.18. The summed E-state index contributed by atoms with van der Waals surface area (Å²) in [5, 5.41) is 8.75. The molecule has 0 aromatic rings. The van der Waals surface area contributed by atoms with Gasteiger partial charge in [0, 0.05) is 0 Å². The topological polar surface area (TPSA) is 23.8 Å². The van der Waals surface area contributed by atoms with Gasteiger partial charge in [-0.05, 0) is 39.0 Å². The van der Waals surface area contributed by atoms with Crippen molar-refractivity contribution in [1.29, 1.82) is 5.26 Å². The predicted octanol–water partition coefficient (Wildman–Crippen LogP) is 3.45. The Morgan fingerprint density at radius 2 is 2.46 bits per heavy atom. The Kier molecular flexibility index (Phi) is 3.31. The maximum absolute atomic E-state index is 8.75. The number of hydrogen-bond acceptors (Lipinski definition) is 1. The van der Waals surface area contributed by atoms with Gasteiger partial charge in [-0.15, -0.1) is 0 Å². The van der Waals surface area contributed by atoms with Crippen LogP contribution in [0.15, 0.2) is 23.8 Å². The van der Waals surface area contributed by atoms with E-state index in [1.807, 2.05) is 6.92 Å². The van der Waals surface area contributed by atoms with E-state index in [1.54, 1.807) is 0 Å². The van der Waals surface area contributed by atoms with Gasteiger partial charge >= 0.3 is 0 Å². The van der Waals surface area contributed by atoms with E-state index in [9.17, 15) is 0 Å². The first-order valence-corrected chi connectivity index (χ1v) is 4.89. The molecule has 1 rings (SSSR count). The quantitative estimate of drug-likeness (QED) is 0.590. The second-order valence-corrected chi connectivity index (χ2v) is 3.95. The molecular weight excluding hydrogens is 158 g/mol. The van der Waals surface area contributed by atoms with Crippen molar-refractivity contribution < 1.29 is 0 Å². The average molecular weight is 175 g/mol. The van der Waals surface area contributed by atoms with Gasteiger partial charge in [0.15, 0.2) is 0 Å². The van der Waals surface area contributed by atoms with Crippen molar-refractivity contribution in [2.24, 2.45) is 11.8 Å². The van der Waals surface area contributed by atoms with E-state index in [0.717, 1.165) is 12.8 Å². The van der Waals surface area contributed by atoms with Gasteiger partial charge in [0.25, 0.3) is 0 Å². The second-order valence-electron chi connectivity index (χ2n) is 3.95. The van der Waals surface area contributed by atoms with Crippen LogP contribution in [-0.4, -0.2) is 0 Å². The lowest BCUT2D eigenvalue weighted by Crippen LogP contribution is -2.09. The molecule has 1 aliphatic rings. The molecule has 0 saturated heterocycles. The summed E-state index contributed by atoms with van der Waals surface area (Å²) in [7, 11) is 0. The zero-order valence-corrected chi connectivity index (χ0v) is 8.51. The number of allylic oxidation sites excluding steroid dienone is 3. The minimum Gasteiger partial charge on any atom is -0.198 e. The van der Waals surface area contributed by atoms with Crippen LogP contribution in [0.25, 0.3) is 0 Å². The largest absolute Gasteiger partial charge is 0.198 e. The molecule has 2 atom stereocenters. The van der Waals surface area contributed by atoms with Crippen LogP contribution in [0.5, 0.6) is 0 Å². The van der Waals surface area contributed by atoms with Crippen molar-refractivity contribution in [1.82, 2.24) is 0 Å². The normalized spacial score (nSPS) is 24.4. The summed E-state index contributed by atoms with van der Waals surface area (Å²) in [5.74, 6) is 0.751. The molecule has 0 N–H and O–H groups in total. The third-order valence-corrected chi connectivity index (χ3v) is 2.89. The first-order valence-electron chi connectivity index (χ1n) is 4.89. The molecule has 0 aliphatic heterocycles. The molecule has 1 heteroatoms. The van der Waals surface area contributed by atoms with Crippen LogP contribution in [0.2, 0.25) is 0 Å². The van der Waals surface area contributed by atoms with E-state index >= 15 is 0 Å². The molecule has 1 aliphatic carbocycles. The predicted molar refractivity (Wildman–Crippen MR) is 55.0 cm³/mol. The van der Waals surface area contributed by atoms with Gasteiger partial charge in [-0.3, -0.25) is 0 Å². The number of nitriles is 1. The summed E-state index contributed by atoms with van der Waals surface area (Å²) in [6, 6.07) is 2.29. The van der Waals surface area contributed by atoms with Crippen molar-refractivity contribution >= 4 is 0 Å². The highest BCUT2D eigenvalue weighted by Gasteiger charge is 2.17. The van der Waals surface area contributed by atoms with E-state index in [1.165, 1.54) is 17.6 Å². The van der Waals surface area contributed by atoms with Crippen LogP contribution in [0.3, 0.4) is 0 Å². The van der Waals surface area contributed by atoms with Crippen LogP contribution < -0.4 is 0 Å². The maximum Gasteiger partial charge on any atom is 0.0697 e. The van der Waals surface area contributed by atoms with Crippen LogP contribution in [0.1, 0.15) is 33.1 Å². The highest BCUT2D eigenvalue weighted by Crippen LogP contribution is 2.31. The van der Waals surface area contributed by atoms with E-state index in [2.05, 4.69) is 25.6 Å². The Morgan fingerprint density at radius 3 is 2.85 bits per heavy atom. The lowest BCUT2D eigenvalue weighted by molar-refractivity contribution is 0.522. The van der Waals surface area contributed by atoms with E-state index in [4.69, 9.17) is 5.26 Å². The fourth-order valence-electron chi connectivity index (χ4n) is 1.78. The Balaban J connectivity index is 2.58. The monoisotopic (exact) mass is 175 g/mol. The van der Waals surface area contributed by atoms with Crippen molar-refractivity contribution in [2.45, 2.75) is 33.1 Å². The Bertz CT molecular complexity index is 267. The highest BCUT2D eigenvalue weighted by atomic mass is 14.3. The Labute approximate surface area is 80.8 Å². The summed E-state index contributed by atoms with van der Waals surface area (Å²) >= 11 is 0.